The molecule has 4 saturated carbocycles. The minimum atomic E-state index is -0.632. The van der Waals surface area contributed by atoms with Crippen LogP contribution in [0.25, 0.3) is 0 Å². The van der Waals surface area contributed by atoms with Crippen molar-refractivity contribution >= 4 is 5.97 Å². The van der Waals surface area contributed by atoms with Crippen LogP contribution in [0.5, 0.6) is 0 Å². The van der Waals surface area contributed by atoms with E-state index in [-0.39, 0.29) is 11.4 Å². The van der Waals surface area contributed by atoms with Crippen LogP contribution in [-0.2, 0) is 9.53 Å². The molecule has 4 aliphatic rings. The van der Waals surface area contributed by atoms with E-state index in [0.29, 0.717) is 6.54 Å². The van der Waals surface area contributed by atoms with Crippen LogP contribution >= 0.6 is 0 Å². The lowest BCUT2D eigenvalue weighted by molar-refractivity contribution is -0.197. The van der Waals surface area contributed by atoms with Gasteiger partial charge in [0.05, 0.1) is 5.41 Å². The van der Waals surface area contributed by atoms with E-state index in [1.165, 1.54) is 38.5 Å². The molecule has 124 valence electrons. The van der Waals surface area contributed by atoms with Gasteiger partial charge in [0.25, 0.3) is 0 Å². The van der Waals surface area contributed by atoms with Crippen molar-refractivity contribution in [3.05, 3.63) is 12.7 Å². The summed E-state index contributed by atoms with van der Waals surface area (Å²) in [6.07, 6.45) is 9.62. The minimum absolute atomic E-state index is 0.101. The molecule has 3 nitrogen and oxygen atoms in total. The molecule has 2 N–H and O–H groups in total. The van der Waals surface area contributed by atoms with Crippen molar-refractivity contribution < 1.29 is 9.53 Å². The number of carbonyl (C=O) groups excluding carboxylic acids is 1. The Morgan fingerprint density at radius 3 is 2.00 bits per heavy atom. The van der Waals surface area contributed by atoms with Gasteiger partial charge in [-0.2, -0.15) is 0 Å². The lowest BCUT2D eigenvalue weighted by Crippen LogP contribution is -2.58. The lowest BCUT2D eigenvalue weighted by Gasteiger charge is -2.61. The maximum atomic E-state index is 12.6. The van der Waals surface area contributed by atoms with E-state index in [4.69, 9.17) is 10.5 Å². The second-order valence-electron chi connectivity index (χ2n) is 8.99. The van der Waals surface area contributed by atoms with E-state index >= 15 is 0 Å². The Hall–Kier alpha value is -0.830. The molecule has 4 bridgehead atoms. The molecule has 0 heterocycles. The first kappa shape index (κ1) is 16.0. The summed E-state index contributed by atoms with van der Waals surface area (Å²) in [7, 11) is 0. The molecule has 0 radical (unpaired) electrons. The van der Waals surface area contributed by atoms with Gasteiger partial charge in [0.1, 0.15) is 5.60 Å². The van der Waals surface area contributed by atoms with Crippen molar-refractivity contribution in [1.29, 1.82) is 0 Å². The smallest absolute Gasteiger partial charge is 0.313 e. The van der Waals surface area contributed by atoms with Gasteiger partial charge in [0.15, 0.2) is 0 Å². The molecule has 0 aliphatic heterocycles. The molecule has 0 spiro atoms. The van der Waals surface area contributed by atoms with Gasteiger partial charge in [-0.05, 0) is 83.1 Å². The Morgan fingerprint density at radius 1 is 1.18 bits per heavy atom. The third-order valence-corrected chi connectivity index (χ3v) is 6.85. The van der Waals surface area contributed by atoms with E-state index in [1.807, 2.05) is 19.9 Å². The van der Waals surface area contributed by atoms with Gasteiger partial charge in [-0.1, -0.05) is 6.58 Å². The molecular weight excluding hydrogens is 274 g/mol. The van der Waals surface area contributed by atoms with Crippen molar-refractivity contribution in [2.45, 2.75) is 64.9 Å². The summed E-state index contributed by atoms with van der Waals surface area (Å²) in [5, 5.41) is 0. The van der Waals surface area contributed by atoms with Crippen LogP contribution in [0, 0.1) is 28.6 Å². The molecule has 1 atom stereocenters. The van der Waals surface area contributed by atoms with Gasteiger partial charge in [0, 0.05) is 12.0 Å². The van der Waals surface area contributed by atoms with E-state index in [9.17, 15) is 4.79 Å². The number of rotatable bonds is 5. The van der Waals surface area contributed by atoms with Crippen molar-refractivity contribution in [2.24, 2.45) is 34.3 Å². The fraction of sp³-hybridized carbons (Fsp3) is 0.842. The highest BCUT2D eigenvalue weighted by atomic mass is 16.6. The second kappa shape index (κ2) is 5.09. The minimum Gasteiger partial charge on any atom is -0.454 e. The monoisotopic (exact) mass is 305 g/mol. The third-order valence-electron chi connectivity index (χ3n) is 6.85. The van der Waals surface area contributed by atoms with Gasteiger partial charge >= 0.3 is 5.97 Å². The SMILES string of the molecule is C=CC(C)(OC(=O)C(C)(C)CN)C12CC3CC(CC(C3)C1)C2. The number of hydrogen-bond donors (Lipinski definition) is 1. The normalized spacial score (nSPS) is 39.4. The van der Waals surface area contributed by atoms with E-state index in [0.717, 1.165) is 17.8 Å². The molecule has 0 aromatic rings. The lowest BCUT2D eigenvalue weighted by atomic mass is 9.45. The Labute approximate surface area is 134 Å². The third kappa shape index (κ3) is 2.33. The van der Waals surface area contributed by atoms with Gasteiger partial charge in [-0.25, -0.2) is 0 Å². The summed E-state index contributed by atoms with van der Waals surface area (Å²) in [6.45, 7) is 10.1. The molecule has 0 aromatic heterocycles. The zero-order valence-electron chi connectivity index (χ0n) is 14.4. The molecule has 0 saturated heterocycles. The molecule has 4 rings (SSSR count). The van der Waals surface area contributed by atoms with E-state index in [1.54, 1.807) is 0 Å². The molecule has 0 aromatic carbocycles. The summed E-state index contributed by atoms with van der Waals surface area (Å²) < 4.78 is 6.09. The van der Waals surface area contributed by atoms with Crippen molar-refractivity contribution in [3.8, 4) is 0 Å². The maximum Gasteiger partial charge on any atom is 0.313 e. The Bertz CT molecular complexity index is 447. The van der Waals surface area contributed by atoms with E-state index < -0.39 is 11.0 Å². The molecular formula is C19H31NO2. The average Bonchev–Trinajstić information content (AvgIpc) is 2.45. The van der Waals surface area contributed by atoms with Crippen LogP contribution in [0.1, 0.15) is 59.3 Å². The van der Waals surface area contributed by atoms with Gasteiger partial charge in [-0.15, -0.1) is 0 Å². The fourth-order valence-corrected chi connectivity index (χ4v) is 5.50. The Kier molecular flexibility index (Phi) is 3.71. The molecule has 22 heavy (non-hydrogen) atoms. The highest BCUT2D eigenvalue weighted by Crippen LogP contribution is 2.64. The standard InChI is InChI=1S/C19H31NO2/c1-5-18(4,22-16(21)17(2,3)12-20)19-9-13-6-14(10-19)8-15(7-13)11-19/h5,13-15H,1,6-12,20H2,2-4H3. The van der Waals surface area contributed by atoms with Crippen LogP contribution in [0.15, 0.2) is 12.7 Å². The number of hydrogen-bond acceptors (Lipinski definition) is 3. The number of esters is 1. The Balaban J connectivity index is 1.86. The number of ether oxygens (including phenoxy) is 1. The largest absolute Gasteiger partial charge is 0.454 e. The summed E-state index contributed by atoms with van der Waals surface area (Å²) in [4.78, 5) is 12.6. The number of carbonyl (C=O) groups is 1. The summed E-state index contributed by atoms with van der Waals surface area (Å²) in [5.41, 5.74) is 4.65. The van der Waals surface area contributed by atoms with Crippen molar-refractivity contribution in [3.63, 3.8) is 0 Å². The zero-order chi connectivity index (χ0) is 16.2. The van der Waals surface area contributed by atoms with Gasteiger partial charge < -0.3 is 10.5 Å². The average molecular weight is 305 g/mol. The molecule has 3 heteroatoms. The highest BCUT2D eigenvalue weighted by molar-refractivity contribution is 5.77. The number of nitrogens with two attached hydrogens (primary N) is 1. The van der Waals surface area contributed by atoms with Crippen LogP contribution in [0.4, 0.5) is 0 Å². The fourth-order valence-electron chi connectivity index (χ4n) is 5.50. The first-order chi connectivity index (χ1) is 10.2. The van der Waals surface area contributed by atoms with Crippen molar-refractivity contribution in [1.82, 2.24) is 0 Å². The molecule has 1 unspecified atom stereocenters. The Morgan fingerprint density at radius 2 is 1.64 bits per heavy atom. The second-order valence-corrected chi connectivity index (χ2v) is 8.99. The van der Waals surface area contributed by atoms with Crippen LogP contribution in [0.3, 0.4) is 0 Å². The predicted molar refractivity (Wildman–Crippen MR) is 88.1 cm³/mol. The topological polar surface area (TPSA) is 52.3 Å². The summed E-state index contributed by atoms with van der Waals surface area (Å²) in [5.74, 6) is 2.29. The zero-order valence-corrected chi connectivity index (χ0v) is 14.4. The van der Waals surface area contributed by atoms with E-state index in [2.05, 4.69) is 13.5 Å². The first-order valence-corrected chi connectivity index (χ1v) is 8.81. The molecule has 4 fully saturated rings. The van der Waals surface area contributed by atoms with Gasteiger partial charge in [-0.3, -0.25) is 4.79 Å². The van der Waals surface area contributed by atoms with Gasteiger partial charge in [0.2, 0.25) is 0 Å². The highest BCUT2D eigenvalue weighted by Gasteiger charge is 2.59. The first-order valence-electron chi connectivity index (χ1n) is 8.81. The summed E-state index contributed by atoms with van der Waals surface area (Å²) in [6, 6.07) is 0. The maximum absolute atomic E-state index is 12.6. The molecule has 4 aliphatic carbocycles. The quantitative estimate of drug-likeness (QED) is 0.623. The van der Waals surface area contributed by atoms with Crippen LogP contribution < -0.4 is 5.73 Å². The molecule has 0 amide bonds. The van der Waals surface area contributed by atoms with Crippen molar-refractivity contribution in [2.75, 3.05) is 6.54 Å². The van der Waals surface area contributed by atoms with Crippen LogP contribution in [-0.4, -0.2) is 18.1 Å². The predicted octanol–water partition coefficient (Wildman–Crippen LogP) is 3.68. The van der Waals surface area contributed by atoms with Crippen LogP contribution in [0.2, 0.25) is 0 Å². The summed E-state index contributed by atoms with van der Waals surface area (Å²) >= 11 is 0.